The molecule has 0 radical (unpaired) electrons. The highest BCUT2D eigenvalue weighted by molar-refractivity contribution is 5.99. The van der Waals surface area contributed by atoms with Crippen molar-refractivity contribution in [2.75, 3.05) is 38.0 Å². The highest BCUT2D eigenvalue weighted by Crippen LogP contribution is 2.23. The van der Waals surface area contributed by atoms with Gasteiger partial charge in [-0.3, -0.25) is 14.6 Å². The van der Waals surface area contributed by atoms with Crippen molar-refractivity contribution in [2.45, 2.75) is 32.7 Å². The maximum absolute atomic E-state index is 12.5. The first-order valence-corrected chi connectivity index (χ1v) is 10.4. The fourth-order valence-corrected chi connectivity index (χ4v) is 3.77. The molecule has 2 aromatic carbocycles. The van der Waals surface area contributed by atoms with Crippen molar-refractivity contribution < 1.29 is 9.42 Å². The van der Waals surface area contributed by atoms with Crippen molar-refractivity contribution in [3.63, 3.8) is 0 Å². The third-order valence-electron chi connectivity index (χ3n) is 5.62. The standard InChI is InChI=1S/C23H29N5O2/c1-23(2,3)18-9-7-17(8-10-18)15-27-11-13-28(14-12-27)16-21(29)24-19-5-4-6-20-22(19)26-30-25-20/h4-10H,11-16H2,1-3H3,(H,24,29). The summed E-state index contributed by atoms with van der Waals surface area (Å²) in [5.41, 5.74) is 4.73. The van der Waals surface area contributed by atoms with E-state index in [0.29, 0.717) is 23.3 Å². The second-order valence-corrected chi connectivity index (χ2v) is 8.98. The third kappa shape index (κ3) is 4.86. The number of aromatic nitrogens is 2. The normalized spacial score (nSPS) is 16.1. The van der Waals surface area contributed by atoms with Gasteiger partial charge in [0.2, 0.25) is 5.91 Å². The van der Waals surface area contributed by atoms with E-state index in [2.05, 4.69) is 70.5 Å². The fraction of sp³-hybridized carbons (Fsp3) is 0.435. The topological polar surface area (TPSA) is 74.5 Å². The van der Waals surface area contributed by atoms with Gasteiger partial charge in [-0.25, -0.2) is 4.63 Å². The number of anilines is 1. The SMILES string of the molecule is CC(C)(C)c1ccc(CN2CCN(CC(=O)Nc3cccc4nonc34)CC2)cc1. The average molecular weight is 408 g/mol. The van der Waals surface area contributed by atoms with Crippen LogP contribution in [0.4, 0.5) is 5.69 Å². The van der Waals surface area contributed by atoms with E-state index in [-0.39, 0.29) is 11.3 Å². The van der Waals surface area contributed by atoms with Gasteiger partial charge in [0.1, 0.15) is 5.52 Å². The maximum Gasteiger partial charge on any atom is 0.238 e. The Kier molecular flexibility index (Phi) is 5.83. The van der Waals surface area contributed by atoms with Crippen molar-refractivity contribution >= 4 is 22.6 Å². The van der Waals surface area contributed by atoms with E-state index in [1.807, 2.05) is 12.1 Å². The second-order valence-electron chi connectivity index (χ2n) is 8.98. The van der Waals surface area contributed by atoms with Crippen LogP contribution in [0.25, 0.3) is 11.0 Å². The third-order valence-corrected chi connectivity index (χ3v) is 5.62. The molecule has 30 heavy (non-hydrogen) atoms. The summed E-state index contributed by atoms with van der Waals surface area (Å²) in [4.78, 5) is 17.1. The molecule has 158 valence electrons. The number of hydrogen-bond donors (Lipinski definition) is 1. The lowest BCUT2D eigenvalue weighted by atomic mass is 9.87. The molecular weight excluding hydrogens is 378 g/mol. The van der Waals surface area contributed by atoms with Gasteiger partial charge in [-0.2, -0.15) is 0 Å². The lowest BCUT2D eigenvalue weighted by molar-refractivity contribution is -0.117. The highest BCUT2D eigenvalue weighted by atomic mass is 16.6. The summed E-state index contributed by atoms with van der Waals surface area (Å²) in [5.74, 6) is -0.0447. The van der Waals surface area contributed by atoms with Crippen molar-refractivity contribution in [1.29, 1.82) is 0 Å². The van der Waals surface area contributed by atoms with E-state index in [0.717, 1.165) is 32.7 Å². The van der Waals surface area contributed by atoms with Crippen molar-refractivity contribution in [3.05, 3.63) is 53.6 Å². The minimum Gasteiger partial charge on any atom is -0.323 e. The zero-order chi connectivity index (χ0) is 21.1. The first-order valence-electron chi connectivity index (χ1n) is 10.4. The Labute approximate surface area is 177 Å². The molecule has 0 bridgehead atoms. The molecule has 7 heteroatoms. The average Bonchev–Trinajstić information content (AvgIpc) is 3.19. The quantitative estimate of drug-likeness (QED) is 0.700. The maximum atomic E-state index is 12.5. The van der Waals surface area contributed by atoms with Gasteiger partial charge in [0.25, 0.3) is 0 Å². The molecule has 2 heterocycles. The summed E-state index contributed by atoms with van der Waals surface area (Å²) in [5, 5.41) is 10.6. The van der Waals surface area contributed by atoms with Crippen LogP contribution in [-0.4, -0.2) is 58.7 Å². The van der Waals surface area contributed by atoms with Crippen LogP contribution in [0.2, 0.25) is 0 Å². The number of carbonyl (C=O) groups excluding carboxylic acids is 1. The van der Waals surface area contributed by atoms with E-state index in [1.165, 1.54) is 11.1 Å². The molecule has 0 unspecified atom stereocenters. The van der Waals surface area contributed by atoms with E-state index >= 15 is 0 Å². The van der Waals surface area contributed by atoms with Gasteiger partial charge >= 0.3 is 0 Å². The Morgan fingerprint density at radius 2 is 1.70 bits per heavy atom. The predicted molar refractivity (Wildman–Crippen MR) is 117 cm³/mol. The van der Waals surface area contributed by atoms with E-state index < -0.39 is 0 Å². The highest BCUT2D eigenvalue weighted by Gasteiger charge is 2.20. The summed E-state index contributed by atoms with van der Waals surface area (Å²) < 4.78 is 4.75. The van der Waals surface area contributed by atoms with Gasteiger partial charge in [-0.15, -0.1) is 0 Å². The largest absolute Gasteiger partial charge is 0.323 e. The zero-order valence-electron chi connectivity index (χ0n) is 17.9. The molecule has 1 aliphatic heterocycles. The molecule has 0 spiro atoms. The summed E-state index contributed by atoms with van der Waals surface area (Å²) in [6.45, 7) is 11.7. The Bertz CT molecular complexity index is 998. The molecule has 4 rings (SSSR count). The number of carbonyl (C=O) groups is 1. The zero-order valence-corrected chi connectivity index (χ0v) is 17.9. The lowest BCUT2D eigenvalue weighted by Gasteiger charge is -2.34. The summed E-state index contributed by atoms with van der Waals surface area (Å²) in [6.07, 6.45) is 0. The molecule has 1 N–H and O–H groups in total. The Balaban J connectivity index is 1.25. The predicted octanol–water partition coefficient (Wildman–Crippen LogP) is 3.28. The van der Waals surface area contributed by atoms with Crippen molar-refractivity contribution in [3.8, 4) is 0 Å². The molecular formula is C23H29N5O2. The second kappa shape index (κ2) is 8.53. The number of fused-ring (bicyclic) bond motifs is 1. The number of amides is 1. The van der Waals surface area contributed by atoms with Crippen LogP contribution in [0.5, 0.6) is 0 Å². The van der Waals surface area contributed by atoms with Gasteiger partial charge in [-0.05, 0) is 39.0 Å². The van der Waals surface area contributed by atoms with Crippen LogP contribution >= 0.6 is 0 Å². The van der Waals surface area contributed by atoms with Gasteiger partial charge in [0.15, 0.2) is 5.52 Å². The number of benzene rings is 2. The molecule has 1 saturated heterocycles. The number of rotatable bonds is 5. The van der Waals surface area contributed by atoms with Gasteiger partial charge in [0, 0.05) is 32.7 Å². The summed E-state index contributed by atoms with van der Waals surface area (Å²) >= 11 is 0. The minimum absolute atomic E-state index is 0.0447. The summed E-state index contributed by atoms with van der Waals surface area (Å²) in [7, 11) is 0. The molecule has 3 aromatic rings. The number of piperazine rings is 1. The van der Waals surface area contributed by atoms with Gasteiger partial charge in [-0.1, -0.05) is 51.1 Å². The van der Waals surface area contributed by atoms with E-state index in [9.17, 15) is 4.79 Å². The summed E-state index contributed by atoms with van der Waals surface area (Å²) in [6, 6.07) is 14.4. The molecule has 1 fully saturated rings. The Morgan fingerprint density at radius 1 is 1.00 bits per heavy atom. The van der Waals surface area contributed by atoms with E-state index in [1.54, 1.807) is 6.07 Å². The monoisotopic (exact) mass is 407 g/mol. The molecule has 0 aliphatic carbocycles. The Morgan fingerprint density at radius 3 is 2.40 bits per heavy atom. The fourth-order valence-electron chi connectivity index (χ4n) is 3.77. The molecule has 7 nitrogen and oxygen atoms in total. The molecule has 0 saturated carbocycles. The van der Waals surface area contributed by atoms with Crippen LogP contribution in [0.15, 0.2) is 47.1 Å². The van der Waals surface area contributed by atoms with Crippen LogP contribution in [0.1, 0.15) is 31.9 Å². The number of nitrogens with one attached hydrogen (secondary N) is 1. The first kappa shape index (κ1) is 20.5. The van der Waals surface area contributed by atoms with Crippen LogP contribution in [-0.2, 0) is 16.8 Å². The van der Waals surface area contributed by atoms with Gasteiger partial charge < -0.3 is 5.32 Å². The first-order chi connectivity index (χ1) is 14.4. The number of hydrogen-bond acceptors (Lipinski definition) is 6. The van der Waals surface area contributed by atoms with Crippen molar-refractivity contribution in [1.82, 2.24) is 20.1 Å². The molecule has 1 aromatic heterocycles. The van der Waals surface area contributed by atoms with Crippen LogP contribution in [0, 0.1) is 0 Å². The lowest BCUT2D eigenvalue weighted by Crippen LogP contribution is -2.48. The minimum atomic E-state index is -0.0447. The molecule has 0 atom stereocenters. The number of nitrogens with zero attached hydrogens (tertiary/aromatic N) is 4. The smallest absolute Gasteiger partial charge is 0.238 e. The molecule has 1 amide bonds. The van der Waals surface area contributed by atoms with Gasteiger partial charge in [0.05, 0.1) is 12.2 Å². The van der Waals surface area contributed by atoms with E-state index in [4.69, 9.17) is 4.63 Å². The van der Waals surface area contributed by atoms with Crippen LogP contribution in [0.3, 0.4) is 0 Å². The molecule has 1 aliphatic rings. The van der Waals surface area contributed by atoms with Crippen LogP contribution < -0.4 is 5.32 Å². The Hall–Kier alpha value is -2.77. The van der Waals surface area contributed by atoms with Crippen molar-refractivity contribution in [2.24, 2.45) is 0 Å².